The standard InChI is InChI=1S/C28H33N7O2S/c1-16-4-6-23(35(14-16)28(37)26(36)31-22-12-29-10-20-11-30-33-25(20)22)18-5-7-24-21(9-18)32-27(38-24)19-8-17(2)13-34(3)15-19/h5,7,9-12,16-17,19,23H,4,6,8,13-15H2,1-3H3,(H,30,33)(H,31,36)/t16-,17?,19?,23+/m0/s1. The summed E-state index contributed by atoms with van der Waals surface area (Å²) in [6, 6.07) is 6.20. The van der Waals surface area contributed by atoms with Gasteiger partial charge in [-0.25, -0.2) is 4.98 Å². The van der Waals surface area contributed by atoms with Crippen LogP contribution in [0.5, 0.6) is 0 Å². The van der Waals surface area contributed by atoms with Crippen molar-refractivity contribution in [3.63, 3.8) is 0 Å². The number of likely N-dealkylation sites (tertiary alicyclic amines) is 2. The molecule has 1 aromatic carbocycles. The molecule has 4 aromatic rings. The van der Waals surface area contributed by atoms with E-state index in [1.165, 1.54) is 15.9 Å². The van der Waals surface area contributed by atoms with E-state index in [4.69, 9.17) is 4.98 Å². The first-order valence-corrected chi connectivity index (χ1v) is 14.1. The normalized spacial score (nSPS) is 24.7. The van der Waals surface area contributed by atoms with Gasteiger partial charge in [0.25, 0.3) is 0 Å². The Hall–Kier alpha value is -3.37. The monoisotopic (exact) mass is 531 g/mol. The number of thiazole rings is 1. The quantitative estimate of drug-likeness (QED) is 0.375. The van der Waals surface area contributed by atoms with E-state index >= 15 is 0 Å². The van der Waals surface area contributed by atoms with Gasteiger partial charge >= 0.3 is 11.8 Å². The Kier molecular flexibility index (Phi) is 6.61. The number of pyridine rings is 1. The minimum absolute atomic E-state index is 0.166. The number of rotatable bonds is 3. The zero-order valence-corrected chi connectivity index (χ0v) is 22.8. The van der Waals surface area contributed by atoms with Gasteiger partial charge in [-0.2, -0.15) is 5.10 Å². The van der Waals surface area contributed by atoms with Gasteiger partial charge < -0.3 is 15.1 Å². The summed E-state index contributed by atoms with van der Waals surface area (Å²) in [6.07, 6.45) is 7.80. The molecule has 2 amide bonds. The number of benzene rings is 1. The highest BCUT2D eigenvalue weighted by atomic mass is 32.1. The molecule has 4 atom stereocenters. The lowest BCUT2D eigenvalue weighted by molar-refractivity contribution is -0.146. The van der Waals surface area contributed by atoms with Crippen LogP contribution in [0, 0.1) is 11.8 Å². The molecule has 2 aliphatic heterocycles. The third-order valence-electron chi connectivity index (χ3n) is 7.88. The van der Waals surface area contributed by atoms with Gasteiger partial charge in [-0.3, -0.25) is 19.7 Å². The number of amides is 2. The zero-order valence-electron chi connectivity index (χ0n) is 22.0. The van der Waals surface area contributed by atoms with Crippen LogP contribution in [0.15, 0.2) is 36.8 Å². The number of hydrogen-bond acceptors (Lipinski definition) is 7. The first-order valence-electron chi connectivity index (χ1n) is 13.3. The van der Waals surface area contributed by atoms with Gasteiger partial charge in [0.1, 0.15) is 0 Å². The van der Waals surface area contributed by atoms with Gasteiger partial charge in [0, 0.05) is 37.1 Å². The second kappa shape index (κ2) is 10.1. The van der Waals surface area contributed by atoms with E-state index in [9.17, 15) is 9.59 Å². The van der Waals surface area contributed by atoms with Gasteiger partial charge in [-0.1, -0.05) is 19.9 Å². The van der Waals surface area contributed by atoms with Gasteiger partial charge in [-0.15, -0.1) is 11.3 Å². The molecule has 2 aliphatic rings. The molecule has 6 rings (SSSR count). The zero-order chi connectivity index (χ0) is 26.4. The van der Waals surface area contributed by atoms with Crippen molar-refractivity contribution in [2.75, 3.05) is 32.0 Å². The van der Waals surface area contributed by atoms with Crippen LogP contribution in [-0.2, 0) is 9.59 Å². The topological polar surface area (TPSA) is 107 Å². The molecule has 5 heterocycles. The maximum Gasteiger partial charge on any atom is 0.314 e. The summed E-state index contributed by atoms with van der Waals surface area (Å²) in [7, 11) is 2.19. The van der Waals surface area contributed by atoms with Crippen molar-refractivity contribution >= 4 is 50.0 Å². The van der Waals surface area contributed by atoms with Gasteiger partial charge in [0.05, 0.1) is 44.9 Å². The lowest BCUT2D eigenvalue weighted by Crippen LogP contribution is -2.46. The van der Waals surface area contributed by atoms with Crippen molar-refractivity contribution in [3.8, 4) is 0 Å². The van der Waals surface area contributed by atoms with Crippen molar-refractivity contribution in [1.82, 2.24) is 30.0 Å². The fraction of sp³-hybridized carbons (Fsp3) is 0.464. The van der Waals surface area contributed by atoms with E-state index in [0.717, 1.165) is 48.8 Å². The highest BCUT2D eigenvalue weighted by molar-refractivity contribution is 7.18. The molecule has 38 heavy (non-hydrogen) atoms. The van der Waals surface area contributed by atoms with Gasteiger partial charge in [0.15, 0.2) is 0 Å². The molecule has 2 saturated heterocycles. The lowest BCUT2D eigenvalue weighted by atomic mass is 9.89. The number of carbonyl (C=O) groups excluding carboxylic acids is 2. The predicted molar refractivity (Wildman–Crippen MR) is 149 cm³/mol. The maximum atomic E-state index is 13.5. The molecule has 2 unspecified atom stereocenters. The molecule has 2 N–H and O–H groups in total. The van der Waals surface area contributed by atoms with Crippen molar-refractivity contribution in [3.05, 3.63) is 47.4 Å². The van der Waals surface area contributed by atoms with E-state index in [-0.39, 0.29) is 6.04 Å². The summed E-state index contributed by atoms with van der Waals surface area (Å²) in [6.45, 7) is 7.15. The third kappa shape index (κ3) is 4.78. The number of piperidine rings is 2. The minimum atomic E-state index is -0.666. The molecule has 2 fully saturated rings. The summed E-state index contributed by atoms with van der Waals surface area (Å²) < 4.78 is 1.17. The number of anilines is 1. The van der Waals surface area contributed by atoms with E-state index in [0.29, 0.717) is 35.5 Å². The summed E-state index contributed by atoms with van der Waals surface area (Å²) >= 11 is 1.78. The molecule has 0 aliphatic carbocycles. The summed E-state index contributed by atoms with van der Waals surface area (Å²) in [5, 5.41) is 11.6. The SMILES string of the molecule is CC1CC(c2nc3cc([C@H]4CC[C@H](C)CN4C(=O)C(=O)Nc4cncc5cn[nH]c45)ccc3s2)CN(C)C1. The Balaban J connectivity index is 1.25. The molecule has 0 bridgehead atoms. The maximum absolute atomic E-state index is 13.5. The number of carbonyl (C=O) groups is 2. The Morgan fingerprint density at radius 1 is 1.08 bits per heavy atom. The van der Waals surface area contributed by atoms with Crippen LogP contribution in [-0.4, -0.2) is 68.5 Å². The molecular formula is C28H33N7O2S. The summed E-state index contributed by atoms with van der Waals surface area (Å²) in [5.74, 6) is 0.237. The van der Waals surface area contributed by atoms with E-state index < -0.39 is 11.8 Å². The Labute approximate surface area is 225 Å². The number of H-pyrrole nitrogens is 1. The number of aromatic nitrogens is 4. The van der Waals surface area contributed by atoms with Crippen molar-refractivity contribution in [2.45, 2.75) is 45.1 Å². The van der Waals surface area contributed by atoms with E-state index in [1.807, 2.05) is 0 Å². The van der Waals surface area contributed by atoms with Crippen molar-refractivity contribution < 1.29 is 9.59 Å². The molecule has 3 aromatic heterocycles. The minimum Gasteiger partial charge on any atom is -0.327 e. The van der Waals surface area contributed by atoms with Crippen LogP contribution in [0.25, 0.3) is 21.1 Å². The van der Waals surface area contributed by atoms with Crippen LogP contribution >= 0.6 is 11.3 Å². The number of fused-ring (bicyclic) bond motifs is 2. The fourth-order valence-corrected chi connectivity index (χ4v) is 7.18. The molecule has 9 nitrogen and oxygen atoms in total. The number of nitrogens with one attached hydrogen (secondary N) is 2. The van der Waals surface area contributed by atoms with Crippen LogP contribution < -0.4 is 5.32 Å². The predicted octanol–water partition coefficient (Wildman–Crippen LogP) is 4.56. The lowest BCUT2D eigenvalue weighted by Gasteiger charge is -2.38. The van der Waals surface area contributed by atoms with Gasteiger partial charge in [-0.05, 0) is 55.8 Å². The molecule has 10 heteroatoms. The molecule has 198 valence electrons. The number of aromatic amines is 1. The van der Waals surface area contributed by atoms with E-state index in [1.54, 1.807) is 28.6 Å². The van der Waals surface area contributed by atoms with Crippen LogP contribution in [0.2, 0.25) is 0 Å². The molecular weight excluding hydrogens is 498 g/mol. The smallest absolute Gasteiger partial charge is 0.314 e. The second-order valence-corrected chi connectivity index (χ2v) is 12.2. The largest absolute Gasteiger partial charge is 0.327 e. The fourth-order valence-electron chi connectivity index (χ4n) is 6.13. The van der Waals surface area contributed by atoms with Crippen LogP contribution in [0.3, 0.4) is 0 Å². The van der Waals surface area contributed by atoms with E-state index in [2.05, 4.69) is 64.5 Å². The molecule has 0 radical (unpaired) electrons. The van der Waals surface area contributed by atoms with Crippen LogP contribution in [0.1, 0.15) is 55.6 Å². The van der Waals surface area contributed by atoms with Gasteiger partial charge in [0.2, 0.25) is 0 Å². The van der Waals surface area contributed by atoms with Crippen molar-refractivity contribution in [2.24, 2.45) is 11.8 Å². The first-order chi connectivity index (χ1) is 18.4. The number of likely N-dealkylation sites (N-methyl/N-ethyl adjacent to an activating group) is 1. The average Bonchev–Trinajstić information content (AvgIpc) is 3.55. The van der Waals surface area contributed by atoms with Crippen LogP contribution in [0.4, 0.5) is 5.69 Å². The highest BCUT2D eigenvalue weighted by Crippen LogP contribution is 2.38. The Morgan fingerprint density at radius 2 is 1.95 bits per heavy atom. The average molecular weight is 532 g/mol. The highest BCUT2D eigenvalue weighted by Gasteiger charge is 2.35. The number of nitrogens with zero attached hydrogens (tertiary/aromatic N) is 5. The molecule has 0 spiro atoms. The Morgan fingerprint density at radius 3 is 2.79 bits per heavy atom. The Bertz CT molecular complexity index is 1490. The second-order valence-electron chi connectivity index (χ2n) is 11.2. The number of hydrogen-bond donors (Lipinski definition) is 2. The summed E-state index contributed by atoms with van der Waals surface area (Å²) in [5.41, 5.74) is 3.11. The van der Waals surface area contributed by atoms with Crippen molar-refractivity contribution in [1.29, 1.82) is 0 Å². The molecule has 0 saturated carbocycles. The summed E-state index contributed by atoms with van der Waals surface area (Å²) in [4.78, 5) is 40.0. The first kappa shape index (κ1) is 24.9. The third-order valence-corrected chi connectivity index (χ3v) is 9.08.